The molecule has 1 aromatic heterocycles. The number of hydrogen-bond donors (Lipinski definition) is 0. The number of amides is 1. The third-order valence-electron chi connectivity index (χ3n) is 5.66. The predicted molar refractivity (Wildman–Crippen MR) is 120 cm³/mol. The van der Waals surface area contributed by atoms with Crippen LogP contribution in [0.2, 0.25) is 0 Å². The van der Waals surface area contributed by atoms with Gasteiger partial charge in [-0.1, -0.05) is 23.5 Å². The summed E-state index contributed by atoms with van der Waals surface area (Å²) in [5.74, 6) is 1.21. The number of anilines is 1. The van der Waals surface area contributed by atoms with Gasteiger partial charge in [0.1, 0.15) is 0 Å². The first kappa shape index (κ1) is 20.2. The third-order valence-corrected chi connectivity index (χ3v) is 6.71. The van der Waals surface area contributed by atoms with Gasteiger partial charge in [-0.15, -0.1) is 0 Å². The molecule has 2 aliphatic rings. The van der Waals surface area contributed by atoms with Gasteiger partial charge in [-0.25, -0.2) is 4.98 Å². The van der Waals surface area contributed by atoms with Crippen molar-refractivity contribution in [1.29, 1.82) is 0 Å². The monoisotopic (exact) mass is 439 g/mol. The van der Waals surface area contributed by atoms with Crippen molar-refractivity contribution in [3.05, 3.63) is 47.5 Å². The average Bonchev–Trinajstić information content (AvgIpc) is 3.44. The molecular weight excluding hydrogens is 414 g/mol. The molecule has 5 rings (SSSR count). The van der Waals surface area contributed by atoms with Gasteiger partial charge in [-0.2, -0.15) is 0 Å². The summed E-state index contributed by atoms with van der Waals surface area (Å²) >= 11 is 1.56. The zero-order valence-electron chi connectivity index (χ0n) is 17.5. The van der Waals surface area contributed by atoms with E-state index in [2.05, 4.69) is 11.0 Å². The Morgan fingerprint density at radius 1 is 1.16 bits per heavy atom. The van der Waals surface area contributed by atoms with Gasteiger partial charge in [0.05, 0.1) is 23.4 Å². The second-order valence-electron chi connectivity index (χ2n) is 7.75. The number of thiazole rings is 1. The van der Waals surface area contributed by atoms with Crippen LogP contribution in [-0.4, -0.2) is 62.0 Å². The summed E-state index contributed by atoms with van der Waals surface area (Å²) in [6.45, 7) is 7.20. The van der Waals surface area contributed by atoms with Crippen molar-refractivity contribution < 1.29 is 19.0 Å². The fraction of sp³-hybridized carbons (Fsp3) is 0.391. The lowest BCUT2D eigenvalue weighted by Crippen LogP contribution is -2.39. The number of nitrogens with zero attached hydrogens (tertiary/aromatic N) is 3. The number of rotatable bonds is 6. The normalized spacial score (nSPS) is 16.0. The van der Waals surface area contributed by atoms with E-state index in [4.69, 9.17) is 19.2 Å². The number of ether oxygens (including phenoxy) is 3. The van der Waals surface area contributed by atoms with Crippen LogP contribution in [0.25, 0.3) is 10.2 Å². The zero-order chi connectivity index (χ0) is 21.2. The van der Waals surface area contributed by atoms with E-state index in [0.717, 1.165) is 60.2 Å². The van der Waals surface area contributed by atoms with Crippen LogP contribution in [0.5, 0.6) is 11.5 Å². The van der Waals surface area contributed by atoms with E-state index < -0.39 is 0 Å². The first-order chi connectivity index (χ1) is 15.2. The van der Waals surface area contributed by atoms with Crippen molar-refractivity contribution >= 4 is 32.6 Å². The lowest BCUT2D eigenvalue weighted by atomic mass is 10.1. The molecule has 0 atom stereocenters. The molecule has 0 N–H and O–H groups in total. The van der Waals surface area contributed by atoms with E-state index in [0.29, 0.717) is 23.6 Å². The Labute approximate surface area is 185 Å². The molecular formula is C23H25N3O4S. The van der Waals surface area contributed by atoms with Crippen molar-refractivity contribution in [3.63, 3.8) is 0 Å². The summed E-state index contributed by atoms with van der Waals surface area (Å²) in [4.78, 5) is 22.6. The highest BCUT2D eigenvalue weighted by Crippen LogP contribution is 2.35. The van der Waals surface area contributed by atoms with Gasteiger partial charge in [0.15, 0.2) is 16.6 Å². The van der Waals surface area contributed by atoms with Gasteiger partial charge < -0.3 is 14.2 Å². The highest BCUT2D eigenvalue weighted by molar-refractivity contribution is 7.22. The Morgan fingerprint density at radius 3 is 2.84 bits per heavy atom. The second kappa shape index (κ2) is 8.82. The predicted octanol–water partition coefficient (Wildman–Crippen LogP) is 3.70. The highest BCUT2D eigenvalue weighted by atomic mass is 32.1. The minimum Gasteiger partial charge on any atom is -0.454 e. The van der Waals surface area contributed by atoms with Crippen LogP contribution < -0.4 is 14.4 Å². The number of fused-ring (bicyclic) bond motifs is 2. The highest BCUT2D eigenvalue weighted by Gasteiger charge is 2.24. The largest absolute Gasteiger partial charge is 0.454 e. The number of benzene rings is 2. The maximum atomic E-state index is 13.6. The summed E-state index contributed by atoms with van der Waals surface area (Å²) in [5, 5.41) is 0.731. The molecule has 0 unspecified atom stereocenters. The van der Waals surface area contributed by atoms with Crippen molar-refractivity contribution in [1.82, 2.24) is 9.88 Å². The molecule has 0 saturated carbocycles. The summed E-state index contributed by atoms with van der Waals surface area (Å²) in [6, 6.07) is 11.5. The van der Waals surface area contributed by atoms with Crippen molar-refractivity contribution in [2.75, 3.05) is 51.1 Å². The maximum absolute atomic E-state index is 13.6. The second-order valence-corrected chi connectivity index (χ2v) is 8.76. The van der Waals surface area contributed by atoms with Gasteiger partial charge in [-0.05, 0) is 43.2 Å². The quantitative estimate of drug-likeness (QED) is 0.584. The third kappa shape index (κ3) is 4.23. The smallest absolute Gasteiger partial charge is 0.260 e. The van der Waals surface area contributed by atoms with E-state index in [1.54, 1.807) is 29.5 Å². The molecule has 2 aromatic carbocycles. The number of carbonyl (C=O) groups is 1. The summed E-state index contributed by atoms with van der Waals surface area (Å²) in [5.41, 5.74) is 2.65. The minimum atomic E-state index is -0.0722. The molecule has 1 saturated heterocycles. The van der Waals surface area contributed by atoms with E-state index >= 15 is 0 Å². The fourth-order valence-corrected chi connectivity index (χ4v) is 5.00. The summed E-state index contributed by atoms with van der Waals surface area (Å²) < 4.78 is 17.4. The molecule has 0 bridgehead atoms. The first-order valence-corrected chi connectivity index (χ1v) is 11.4. The molecule has 162 valence electrons. The van der Waals surface area contributed by atoms with Gasteiger partial charge >= 0.3 is 0 Å². The average molecular weight is 440 g/mol. The molecule has 2 aliphatic heterocycles. The number of aryl methyl sites for hydroxylation is 1. The van der Waals surface area contributed by atoms with Gasteiger partial charge in [-0.3, -0.25) is 14.6 Å². The molecule has 8 heteroatoms. The van der Waals surface area contributed by atoms with E-state index in [1.165, 1.54) is 0 Å². The summed E-state index contributed by atoms with van der Waals surface area (Å²) in [7, 11) is 0. The lowest BCUT2D eigenvalue weighted by molar-refractivity contribution is 0.0376. The molecule has 3 heterocycles. The Bertz CT molecular complexity index is 1090. The van der Waals surface area contributed by atoms with Crippen LogP contribution in [-0.2, 0) is 4.74 Å². The van der Waals surface area contributed by atoms with Crippen molar-refractivity contribution in [3.8, 4) is 11.5 Å². The van der Waals surface area contributed by atoms with Crippen LogP contribution in [0.15, 0.2) is 36.4 Å². The molecule has 1 fully saturated rings. The van der Waals surface area contributed by atoms with E-state index in [1.807, 2.05) is 24.0 Å². The number of morpholine rings is 1. The minimum absolute atomic E-state index is 0.0722. The standard InChI is InChI=1S/C23H25N3O4S/c1-16-4-2-5-20-21(16)24-23(31-20)26(9-3-8-25-10-12-28-13-11-25)22(27)17-6-7-18-19(14-17)30-15-29-18/h2,4-7,14H,3,8-13,15H2,1H3. The number of aromatic nitrogens is 1. The zero-order valence-corrected chi connectivity index (χ0v) is 18.3. The lowest BCUT2D eigenvalue weighted by Gasteiger charge is -2.27. The molecule has 1 amide bonds. The van der Waals surface area contributed by atoms with Gasteiger partial charge in [0.2, 0.25) is 6.79 Å². The van der Waals surface area contributed by atoms with Crippen LogP contribution in [0, 0.1) is 6.92 Å². The Morgan fingerprint density at radius 2 is 2.00 bits per heavy atom. The molecule has 0 aliphatic carbocycles. The number of para-hydroxylation sites is 1. The Kier molecular flexibility index (Phi) is 5.76. The van der Waals surface area contributed by atoms with Crippen molar-refractivity contribution in [2.24, 2.45) is 0 Å². The van der Waals surface area contributed by atoms with E-state index in [9.17, 15) is 4.79 Å². The first-order valence-electron chi connectivity index (χ1n) is 10.6. The van der Waals surface area contributed by atoms with Crippen LogP contribution in [0.4, 0.5) is 5.13 Å². The van der Waals surface area contributed by atoms with E-state index in [-0.39, 0.29) is 12.7 Å². The van der Waals surface area contributed by atoms with Crippen LogP contribution >= 0.6 is 11.3 Å². The van der Waals surface area contributed by atoms with Crippen molar-refractivity contribution in [2.45, 2.75) is 13.3 Å². The van der Waals surface area contributed by atoms with Crippen LogP contribution in [0.1, 0.15) is 22.3 Å². The topological polar surface area (TPSA) is 64.1 Å². The molecule has 31 heavy (non-hydrogen) atoms. The molecule has 0 spiro atoms. The van der Waals surface area contributed by atoms with Gasteiger partial charge in [0.25, 0.3) is 5.91 Å². The number of carbonyl (C=O) groups excluding carboxylic acids is 1. The Hall–Kier alpha value is -2.68. The maximum Gasteiger partial charge on any atom is 0.260 e. The SMILES string of the molecule is Cc1cccc2sc(N(CCCN3CCOCC3)C(=O)c3ccc4c(c3)OCO4)nc12. The molecule has 3 aromatic rings. The fourth-order valence-electron chi connectivity index (χ4n) is 3.94. The molecule has 7 nitrogen and oxygen atoms in total. The molecule has 0 radical (unpaired) electrons. The summed E-state index contributed by atoms with van der Waals surface area (Å²) in [6.07, 6.45) is 0.866. The Balaban J connectivity index is 1.41. The van der Waals surface area contributed by atoms with Gasteiger partial charge in [0, 0.05) is 31.7 Å². The number of hydrogen-bond acceptors (Lipinski definition) is 7. The van der Waals surface area contributed by atoms with Crippen LogP contribution in [0.3, 0.4) is 0 Å².